The van der Waals surface area contributed by atoms with E-state index in [-0.39, 0.29) is 0 Å². The van der Waals surface area contributed by atoms with Crippen molar-refractivity contribution < 1.29 is 0 Å². The quantitative estimate of drug-likeness (QED) is 0.781. The van der Waals surface area contributed by atoms with E-state index in [1.807, 2.05) is 61.3 Å². The molecule has 0 aliphatic carbocycles. The highest BCUT2D eigenvalue weighted by Gasteiger charge is 2.07. The van der Waals surface area contributed by atoms with Crippen LogP contribution in [0, 0.1) is 6.92 Å². The summed E-state index contributed by atoms with van der Waals surface area (Å²) in [7, 11) is 1.99. The molecule has 0 spiro atoms. The van der Waals surface area contributed by atoms with Crippen LogP contribution in [0.25, 0.3) is 0 Å². The van der Waals surface area contributed by atoms with E-state index in [0.29, 0.717) is 5.95 Å². The van der Waals surface area contributed by atoms with Gasteiger partial charge < -0.3 is 10.2 Å². The highest BCUT2D eigenvalue weighted by molar-refractivity contribution is 5.55. The first-order valence-electron chi connectivity index (χ1n) is 7.49. The largest absolute Gasteiger partial charge is 0.354 e. The van der Waals surface area contributed by atoms with E-state index in [0.717, 1.165) is 18.1 Å². The molecule has 1 heterocycles. The first-order chi connectivity index (χ1) is 11.2. The zero-order valence-electron chi connectivity index (χ0n) is 13.3. The van der Waals surface area contributed by atoms with Gasteiger partial charge in [-0.15, -0.1) is 5.10 Å². The topological polar surface area (TPSA) is 53.9 Å². The van der Waals surface area contributed by atoms with E-state index in [4.69, 9.17) is 0 Å². The second-order valence-electron chi connectivity index (χ2n) is 5.47. The SMILES string of the molecule is Cc1cccc(Nc2nncc(N(C)Cc3ccccc3)n2)c1. The van der Waals surface area contributed by atoms with Crippen LogP contribution in [0.15, 0.2) is 60.8 Å². The lowest BCUT2D eigenvalue weighted by atomic mass is 10.2. The number of anilines is 3. The highest BCUT2D eigenvalue weighted by atomic mass is 15.3. The minimum Gasteiger partial charge on any atom is -0.354 e. The lowest BCUT2D eigenvalue weighted by molar-refractivity contribution is 0.866. The van der Waals surface area contributed by atoms with Crippen molar-refractivity contribution in [1.29, 1.82) is 0 Å². The summed E-state index contributed by atoms with van der Waals surface area (Å²) in [5, 5.41) is 11.3. The van der Waals surface area contributed by atoms with Crippen LogP contribution >= 0.6 is 0 Å². The molecule has 0 aliphatic rings. The second-order valence-corrected chi connectivity index (χ2v) is 5.47. The van der Waals surface area contributed by atoms with Gasteiger partial charge in [0.15, 0.2) is 5.82 Å². The van der Waals surface area contributed by atoms with E-state index in [1.165, 1.54) is 11.1 Å². The maximum atomic E-state index is 4.53. The molecule has 116 valence electrons. The molecule has 1 N–H and O–H groups in total. The van der Waals surface area contributed by atoms with Gasteiger partial charge in [0, 0.05) is 19.3 Å². The lowest BCUT2D eigenvalue weighted by Gasteiger charge is -2.18. The van der Waals surface area contributed by atoms with E-state index < -0.39 is 0 Å². The van der Waals surface area contributed by atoms with Crippen molar-refractivity contribution >= 4 is 17.5 Å². The lowest BCUT2D eigenvalue weighted by Crippen LogP contribution is -2.18. The molecular formula is C18H19N5. The Hall–Kier alpha value is -2.95. The van der Waals surface area contributed by atoms with Crippen LogP contribution in [0.3, 0.4) is 0 Å². The van der Waals surface area contributed by atoms with Crippen molar-refractivity contribution in [3.8, 4) is 0 Å². The molecule has 5 nitrogen and oxygen atoms in total. The Kier molecular flexibility index (Phi) is 4.47. The van der Waals surface area contributed by atoms with Crippen molar-refractivity contribution in [2.45, 2.75) is 13.5 Å². The summed E-state index contributed by atoms with van der Waals surface area (Å²) in [6, 6.07) is 18.3. The maximum absolute atomic E-state index is 4.53. The van der Waals surface area contributed by atoms with E-state index in [1.54, 1.807) is 6.20 Å². The molecule has 3 aromatic rings. The van der Waals surface area contributed by atoms with Crippen molar-refractivity contribution in [2.75, 3.05) is 17.3 Å². The molecule has 2 aromatic carbocycles. The molecule has 3 rings (SSSR count). The molecule has 23 heavy (non-hydrogen) atoms. The average molecular weight is 305 g/mol. The Labute approximate surface area is 136 Å². The summed E-state index contributed by atoms with van der Waals surface area (Å²) in [5.41, 5.74) is 3.36. The van der Waals surface area contributed by atoms with Crippen LogP contribution in [-0.4, -0.2) is 22.2 Å². The third kappa shape index (κ3) is 4.03. The molecule has 0 saturated carbocycles. The number of nitrogens with zero attached hydrogens (tertiary/aromatic N) is 4. The fourth-order valence-electron chi connectivity index (χ4n) is 2.32. The molecule has 0 aliphatic heterocycles. The number of aromatic nitrogens is 3. The van der Waals surface area contributed by atoms with Gasteiger partial charge >= 0.3 is 0 Å². The van der Waals surface area contributed by atoms with Gasteiger partial charge in [-0.1, -0.05) is 42.5 Å². The summed E-state index contributed by atoms with van der Waals surface area (Å²) in [6.45, 7) is 2.82. The summed E-state index contributed by atoms with van der Waals surface area (Å²) in [6.07, 6.45) is 1.67. The van der Waals surface area contributed by atoms with Crippen molar-refractivity contribution in [2.24, 2.45) is 0 Å². The Morgan fingerprint density at radius 1 is 1.04 bits per heavy atom. The summed E-state index contributed by atoms with van der Waals surface area (Å²) in [4.78, 5) is 6.58. The number of hydrogen-bond acceptors (Lipinski definition) is 5. The van der Waals surface area contributed by atoms with Crippen LogP contribution in [0.1, 0.15) is 11.1 Å². The van der Waals surface area contributed by atoms with E-state index in [2.05, 4.69) is 32.6 Å². The third-order valence-electron chi connectivity index (χ3n) is 3.47. The molecule has 0 atom stereocenters. The van der Waals surface area contributed by atoms with Crippen molar-refractivity contribution in [3.63, 3.8) is 0 Å². The number of aryl methyl sites for hydroxylation is 1. The first kappa shape index (κ1) is 15.0. The fourth-order valence-corrected chi connectivity index (χ4v) is 2.32. The number of nitrogens with one attached hydrogen (secondary N) is 1. The van der Waals surface area contributed by atoms with Gasteiger partial charge in [0.25, 0.3) is 0 Å². The Balaban J connectivity index is 1.74. The van der Waals surface area contributed by atoms with Gasteiger partial charge in [0.05, 0.1) is 6.20 Å². The molecule has 0 fully saturated rings. The van der Waals surface area contributed by atoms with Crippen LogP contribution in [-0.2, 0) is 6.54 Å². The average Bonchev–Trinajstić information content (AvgIpc) is 2.56. The second kappa shape index (κ2) is 6.87. The van der Waals surface area contributed by atoms with E-state index >= 15 is 0 Å². The van der Waals surface area contributed by atoms with Gasteiger partial charge in [-0.2, -0.15) is 10.1 Å². The third-order valence-corrected chi connectivity index (χ3v) is 3.47. The molecule has 5 heteroatoms. The standard InChI is InChI=1S/C18H19N5/c1-14-7-6-10-16(11-14)20-18-21-17(12-19-22-18)23(2)13-15-8-4-3-5-9-15/h3-12H,13H2,1-2H3,(H,20,21,22). The van der Waals surface area contributed by atoms with Gasteiger partial charge in [0.2, 0.25) is 5.95 Å². The predicted molar refractivity (Wildman–Crippen MR) is 92.8 cm³/mol. The minimum absolute atomic E-state index is 0.494. The Morgan fingerprint density at radius 3 is 2.65 bits per heavy atom. The summed E-state index contributed by atoms with van der Waals surface area (Å²) < 4.78 is 0. The van der Waals surface area contributed by atoms with Gasteiger partial charge in [-0.05, 0) is 30.2 Å². The predicted octanol–water partition coefficient (Wildman–Crippen LogP) is 3.56. The minimum atomic E-state index is 0.494. The smallest absolute Gasteiger partial charge is 0.249 e. The van der Waals surface area contributed by atoms with Crippen molar-refractivity contribution in [1.82, 2.24) is 15.2 Å². The number of hydrogen-bond donors (Lipinski definition) is 1. The summed E-state index contributed by atoms with van der Waals surface area (Å²) in [5.74, 6) is 1.27. The van der Waals surface area contributed by atoms with Crippen LogP contribution in [0.5, 0.6) is 0 Å². The number of benzene rings is 2. The number of rotatable bonds is 5. The Bertz CT molecular complexity index is 773. The highest BCUT2D eigenvalue weighted by Crippen LogP contribution is 2.17. The zero-order valence-corrected chi connectivity index (χ0v) is 13.3. The van der Waals surface area contributed by atoms with Gasteiger partial charge in [-0.3, -0.25) is 0 Å². The Morgan fingerprint density at radius 2 is 1.87 bits per heavy atom. The fraction of sp³-hybridized carbons (Fsp3) is 0.167. The molecule has 0 amide bonds. The monoisotopic (exact) mass is 305 g/mol. The molecule has 0 unspecified atom stereocenters. The normalized spacial score (nSPS) is 10.3. The van der Waals surface area contributed by atoms with Crippen molar-refractivity contribution in [3.05, 3.63) is 71.9 Å². The molecule has 0 saturated heterocycles. The molecule has 1 aromatic heterocycles. The molecule has 0 bridgehead atoms. The van der Waals surface area contributed by atoms with Crippen LogP contribution in [0.2, 0.25) is 0 Å². The zero-order chi connectivity index (χ0) is 16.1. The van der Waals surface area contributed by atoms with Crippen LogP contribution < -0.4 is 10.2 Å². The summed E-state index contributed by atoms with van der Waals surface area (Å²) >= 11 is 0. The van der Waals surface area contributed by atoms with Gasteiger partial charge in [-0.25, -0.2) is 0 Å². The first-order valence-corrected chi connectivity index (χ1v) is 7.49. The molecular weight excluding hydrogens is 286 g/mol. The van der Waals surface area contributed by atoms with Gasteiger partial charge in [0.1, 0.15) is 0 Å². The maximum Gasteiger partial charge on any atom is 0.249 e. The molecule has 0 radical (unpaired) electrons. The van der Waals surface area contributed by atoms with E-state index in [9.17, 15) is 0 Å². The van der Waals surface area contributed by atoms with Crippen LogP contribution in [0.4, 0.5) is 17.5 Å².